The van der Waals surface area contributed by atoms with Crippen LogP contribution in [0.15, 0.2) is 12.2 Å². The van der Waals surface area contributed by atoms with E-state index in [0.29, 0.717) is 24.4 Å². The van der Waals surface area contributed by atoms with Crippen molar-refractivity contribution in [2.75, 3.05) is 26.0 Å². The number of rotatable bonds is 4. The lowest BCUT2D eigenvalue weighted by Gasteiger charge is -2.45. The van der Waals surface area contributed by atoms with Crippen molar-refractivity contribution in [3.8, 4) is 0 Å². The van der Waals surface area contributed by atoms with E-state index in [-0.39, 0.29) is 24.0 Å². The van der Waals surface area contributed by atoms with Crippen molar-refractivity contribution >= 4 is 24.1 Å². The molecule has 1 unspecified atom stereocenters. The third-order valence-corrected chi connectivity index (χ3v) is 9.50. The molecule has 3 fully saturated rings. The number of likely N-dealkylation sites (N-methyl/N-ethyl adjacent to an activating group) is 1. The molecule has 12 atom stereocenters. The number of carbonyl (C=O) groups is 2. The number of carbonyl (C=O) groups excluding carboxylic acids is 2. The molecule has 5 N–H and O–H groups in total. The number of fused-ring (bicyclic) bond motifs is 3. The predicted octanol–water partition coefficient (Wildman–Crippen LogP) is -1.67. The zero-order valence-electron chi connectivity index (χ0n) is 22.9. The van der Waals surface area contributed by atoms with Crippen LogP contribution in [0.5, 0.6) is 0 Å². The Morgan fingerprint density at radius 3 is 2.63 bits per heavy atom. The molecule has 0 aliphatic carbocycles. The maximum atomic E-state index is 13.8. The lowest BCUT2D eigenvalue weighted by molar-refractivity contribution is -0.885. The van der Waals surface area contributed by atoms with Crippen LogP contribution >= 0.6 is 11.8 Å². The summed E-state index contributed by atoms with van der Waals surface area (Å²) in [5.74, 6) is 2.17. The predicted molar refractivity (Wildman–Crippen MR) is 141 cm³/mol. The Morgan fingerprint density at radius 2 is 1.95 bits per heavy atom. The third kappa shape index (κ3) is 7.50. The number of amides is 1. The molecule has 2 bridgehead atoms. The van der Waals surface area contributed by atoms with E-state index in [0.717, 1.165) is 36.5 Å². The minimum atomic E-state index is -1.33. The number of aliphatic hydroxyl groups is 3. The average Bonchev–Trinajstić information content (AvgIpc) is 3.03. The first-order chi connectivity index (χ1) is 18.1. The van der Waals surface area contributed by atoms with Crippen LogP contribution in [0, 0.1) is 23.7 Å². The first-order valence-electron chi connectivity index (χ1n) is 13.9. The van der Waals surface area contributed by atoms with Crippen molar-refractivity contribution in [3.05, 3.63) is 12.2 Å². The molecular formula is C27H46N2O8S. The summed E-state index contributed by atoms with van der Waals surface area (Å²) >= 11 is 1.43. The molecule has 218 valence electrons. The molecule has 1 amide bonds. The number of nitrogens with one attached hydrogen (secondary N) is 2. The number of hydrogen-bond acceptors (Lipinski definition) is 9. The number of allylic oxidation sites excluding steroid dienone is 1. The number of thioether (sulfide) groups is 1. The van der Waals surface area contributed by atoms with Crippen molar-refractivity contribution in [3.63, 3.8) is 0 Å². The van der Waals surface area contributed by atoms with Crippen LogP contribution < -0.4 is 15.3 Å². The van der Waals surface area contributed by atoms with Crippen LogP contribution in [-0.2, 0) is 19.1 Å². The van der Waals surface area contributed by atoms with E-state index in [2.05, 4.69) is 32.3 Å². The first-order valence-corrected chi connectivity index (χ1v) is 14.9. The standard InChI is InChI=1S/C26H44N2O6S.CH2O2/c1-14(2)11-16-8-9-33-23-17(12-16)13-28(4)19(23)25(32)27-18-15(3)7-5-6-10-35-26-22(31)20(29)21(30)24(18)34-26;2-1-3/h5,7,14-24,26,29-31H,6,8-13H2,1-4H3,(H,27,32);1H,(H,2,3)/b7-5-;/t15-,16+,17+,18-,19+,20+,21-,22-,23-,24-,26-;/m1./s1. The third-order valence-electron chi connectivity index (χ3n) is 8.31. The van der Waals surface area contributed by atoms with Gasteiger partial charge in [0, 0.05) is 19.0 Å². The minimum absolute atomic E-state index is 0.0970. The van der Waals surface area contributed by atoms with Crippen LogP contribution in [0.3, 0.4) is 0 Å². The van der Waals surface area contributed by atoms with Crippen LogP contribution in [0.1, 0.15) is 46.5 Å². The van der Waals surface area contributed by atoms with E-state index in [1.807, 2.05) is 13.0 Å². The second-order valence-corrected chi connectivity index (χ2v) is 12.9. The fraction of sp³-hybridized carbons (Fsp3) is 0.852. The minimum Gasteiger partial charge on any atom is -0.554 e. The molecule has 4 heterocycles. The van der Waals surface area contributed by atoms with Crippen molar-refractivity contribution in [2.45, 2.75) is 94.5 Å². The largest absolute Gasteiger partial charge is 0.554 e. The number of ether oxygens (including phenoxy) is 2. The normalized spacial score (nSPS) is 44.1. The molecule has 4 aliphatic rings. The topological polar surface area (TPSA) is 153 Å². The molecule has 11 heteroatoms. The summed E-state index contributed by atoms with van der Waals surface area (Å²) < 4.78 is 12.4. The molecule has 4 rings (SSSR count). The fourth-order valence-electron chi connectivity index (χ4n) is 6.59. The molecule has 3 saturated heterocycles. The van der Waals surface area contributed by atoms with Gasteiger partial charge in [0.2, 0.25) is 0 Å². The molecule has 0 aromatic heterocycles. The summed E-state index contributed by atoms with van der Waals surface area (Å²) in [6.45, 7) is 7.61. The highest BCUT2D eigenvalue weighted by atomic mass is 32.2. The molecule has 0 aromatic rings. The molecule has 0 saturated carbocycles. The maximum Gasteiger partial charge on any atom is 0.281 e. The van der Waals surface area contributed by atoms with Gasteiger partial charge in [-0.15, -0.1) is 11.8 Å². The second kappa shape index (κ2) is 14.4. The van der Waals surface area contributed by atoms with Gasteiger partial charge in [-0.1, -0.05) is 32.9 Å². The van der Waals surface area contributed by atoms with Crippen molar-refractivity contribution in [1.82, 2.24) is 5.32 Å². The van der Waals surface area contributed by atoms with E-state index in [4.69, 9.17) is 19.4 Å². The van der Waals surface area contributed by atoms with Gasteiger partial charge in [0.15, 0.2) is 6.04 Å². The molecule has 10 nitrogen and oxygen atoms in total. The van der Waals surface area contributed by atoms with E-state index in [1.165, 1.54) is 18.2 Å². The average molecular weight is 559 g/mol. The molecular weight excluding hydrogens is 512 g/mol. The van der Waals surface area contributed by atoms with Gasteiger partial charge in [0.1, 0.15) is 36.0 Å². The zero-order valence-corrected chi connectivity index (χ0v) is 23.7. The Morgan fingerprint density at radius 1 is 1.24 bits per heavy atom. The van der Waals surface area contributed by atoms with Gasteiger partial charge in [0.05, 0.1) is 19.6 Å². The summed E-state index contributed by atoms with van der Waals surface area (Å²) in [6.07, 6.45) is 3.53. The van der Waals surface area contributed by atoms with Gasteiger partial charge in [-0.05, 0) is 49.2 Å². The number of hydrogen-bond donors (Lipinski definition) is 5. The number of likely N-dealkylation sites (tertiary alicyclic amines) is 1. The van der Waals surface area contributed by atoms with Gasteiger partial charge in [-0.25, -0.2) is 0 Å². The summed E-state index contributed by atoms with van der Waals surface area (Å²) in [5, 5.41) is 43.3. The Kier molecular flexibility index (Phi) is 11.9. The van der Waals surface area contributed by atoms with E-state index in [9.17, 15) is 20.1 Å². The van der Waals surface area contributed by atoms with Crippen LogP contribution in [0.4, 0.5) is 0 Å². The number of quaternary nitrogens is 1. The molecule has 4 aliphatic heterocycles. The smallest absolute Gasteiger partial charge is 0.281 e. The Bertz CT molecular complexity index is 801. The van der Waals surface area contributed by atoms with E-state index >= 15 is 0 Å². The summed E-state index contributed by atoms with van der Waals surface area (Å²) in [6, 6.07) is -0.866. The van der Waals surface area contributed by atoms with Gasteiger partial charge in [-0.2, -0.15) is 0 Å². The van der Waals surface area contributed by atoms with Crippen molar-refractivity contribution < 1.29 is 44.4 Å². The van der Waals surface area contributed by atoms with Crippen molar-refractivity contribution in [1.29, 1.82) is 0 Å². The summed E-state index contributed by atoms with van der Waals surface area (Å²) in [4.78, 5) is 23.2. The van der Waals surface area contributed by atoms with Gasteiger partial charge in [-0.3, -0.25) is 4.79 Å². The maximum absolute atomic E-state index is 13.8. The molecule has 38 heavy (non-hydrogen) atoms. The number of aliphatic hydroxyl groups excluding tert-OH is 3. The fourth-order valence-corrected chi connectivity index (χ4v) is 7.66. The summed E-state index contributed by atoms with van der Waals surface area (Å²) in [5.41, 5.74) is -0.649. The molecule has 0 radical (unpaired) electrons. The number of carboxylic acid groups (broad SMARTS) is 1. The van der Waals surface area contributed by atoms with Gasteiger partial charge in [0.25, 0.3) is 5.91 Å². The molecule has 0 aromatic carbocycles. The van der Waals surface area contributed by atoms with Crippen LogP contribution in [0.2, 0.25) is 0 Å². The lowest BCUT2D eigenvalue weighted by Crippen LogP contribution is -3.13. The lowest BCUT2D eigenvalue weighted by atomic mass is 9.85. The first kappa shape index (κ1) is 31.3. The highest BCUT2D eigenvalue weighted by Gasteiger charge is 2.53. The highest BCUT2D eigenvalue weighted by molar-refractivity contribution is 7.99. The highest BCUT2D eigenvalue weighted by Crippen LogP contribution is 2.34. The van der Waals surface area contributed by atoms with E-state index < -0.39 is 42.4 Å². The Balaban J connectivity index is 0.00000127. The summed E-state index contributed by atoms with van der Waals surface area (Å²) in [7, 11) is 2.06. The second-order valence-electron chi connectivity index (χ2n) is 11.7. The zero-order chi connectivity index (χ0) is 28.0. The van der Waals surface area contributed by atoms with Gasteiger partial charge < -0.3 is 44.9 Å². The quantitative estimate of drug-likeness (QED) is 0.201. The van der Waals surface area contributed by atoms with Gasteiger partial charge >= 0.3 is 0 Å². The van der Waals surface area contributed by atoms with Crippen LogP contribution in [-0.4, -0.2) is 102 Å². The Hall–Kier alpha value is -1.21. The molecule has 0 spiro atoms. The SMILES string of the molecule is CC(C)C[C@@H]1CCO[C@@H]2[C@@H](C1)C[NH+](C)[C@@H]2C(=O)N[C@H]1[C@H]2O[C@H](SCC/C=C\[C@H]1C)[C@H](O)[C@@H](O)[C@H]2O.O=C[O-]. The van der Waals surface area contributed by atoms with Crippen LogP contribution in [0.25, 0.3) is 0 Å². The van der Waals surface area contributed by atoms with E-state index in [1.54, 1.807) is 0 Å². The van der Waals surface area contributed by atoms with Crippen molar-refractivity contribution in [2.24, 2.45) is 23.7 Å². The Labute approximate surface area is 230 Å². The monoisotopic (exact) mass is 558 g/mol.